The molecule has 1 saturated heterocycles. The molecule has 0 spiro atoms. The van der Waals surface area contributed by atoms with Gasteiger partial charge in [-0.3, -0.25) is 0 Å². The lowest BCUT2D eigenvalue weighted by Gasteiger charge is -2.25. The van der Waals surface area contributed by atoms with Crippen molar-refractivity contribution < 1.29 is 9.53 Å². The lowest BCUT2D eigenvalue weighted by Crippen LogP contribution is -2.29. The van der Waals surface area contributed by atoms with Crippen LogP contribution in [0.25, 0.3) is 6.08 Å². The second kappa shape index (κ2) is 7.39. The lowest BCUT2D eigenvalue weighted by atomic mass is 10.1. The largest absolute Gasteiger partial charge is 0.402 e. The summed E-state index contributed by atoms with van der Waals surface area (Å²) in [7, 11) is 0. The van der Waals surface area contributed by atoms with E-state index >= 15 is 0 Å². The number of hydrogen-bond acceptors (Lipinski definition) is 6. The summed E-state index contributed by atoms with van der Waals surface area (Å²) in [6.07, 6.45) is 5.19. The molecule has 0 radical (unpaired) electrons. The van der Waals surface area contributed by atoms with Crippen molar-refractivity contribution in [2.45, 2.75) is 19.3 Å². The summed E-state index contributed by atoms with van der Waals surface area (Å²) >= 11 is 13.9. The Morgan fingerprint density at radius 2 is 1.92 bits per heavy atom. The molecular weight excluding hydrogens is 393 g/mol. The Balaban J connectivity index is 1.63. The average Bonchev–Trinajstić information content (AvgIpc) is 3.20. The quantitative estimate of drug-likeness (QED) is 0.542. The van der Waals surface area contributed by atoms with Crippen molar-refractivity contribution in [3.63, 3.8) is 0 Å². The van der Waals surface area contributed by atoms with Gasteiger partial charge in [0.2, 0.25) is 5.90 Å². The molecule has 3 heterocycles. The molecule has 4 rings (SSSR count). The van der Waals surface area contributed by atoms with E-state index in [0.717, 1.165) is 31.1 Å². The Morgan fingerprint density at radius 3 is 2.69 bits per heavy atom. The van der Waals surface area contributed by atoms with E-state index in [1.807, 2.05) is 6.07 Å². The normalized spacial score (nSPS) is 19.0. The predicted octanol–water partition coefficient (Wildman–Crippen LogP) is 4.78. The number of aromatic nitrogens is 1. The maximum atomic E-state index is 12.2. The molecule has 0 unspecified atom stereocenters. The fraction of sp³-hybridized carbons (Fsp3) is 0.278. The monoisotopic (exact) mass is 407 g/mol. The fourth-order valence-corrected chi connectivity index (χ4v) is 4.36. The highest BCUT2D eigenvalue weighted by Crippen LogP contribution is 2.34. The van der Waals surface area contributed by atoms with Gasteiger partial charge >= 0.3 is 5.97 Å². The summed E-state index contributed by atoms with van der Waals surface area (Å²) < 4.78 is 5.27. The fourth-order valence-electron chi connectivity index (χ4n) is 2.90. The van der Waals surface area contributed by atoms with Crippen molar-refractivity contribution in [3.05, 3.63) is 50.6 Å². The molecule has 8 heteroatoms. The van der Waals surface area contributed by atoms with E-state index in [0.29, 0.717) is 20.6 Å². The summed E-state index contributed by atoms with van der Waals surface area (Å²) in [4.78, 5) is 23.8. The highest BCUT2D eigenvalue weighted by atomic mass is 35.5. The van der Waals surface area contributed by atoms with Gasteiger partial charge in [0.05, 0.1) is 15.5 Å². The first-order valence-electron chi connectivity index (χ1n) is 8.30. The Labute approximate surface area is 164 Å². The molecule has 1 aromatic carbocycles. The lowest BCUT2D eigenvalue weighted by molar-refractivity contribution is -0.129. The number of anilines is 1. The van der Waals surface area contributed by atoms with Gasteiger partial charge in [-0.15, -0.1) is 0 Å². The molecule has 1 fully saturated rings. The first-order valence-corrected chi connectivity index (χ1v) is 9.88. The number of halogens is 2. The molecule has 2 aliphatic rings. The molecule has 0 aliphatic carbocycles. The van der Waals surface area contributed by atoms with Crippen molar-refractivity contribution in [1.29, 1.82) is 0 Å². The van der Waals surface area contributed by atoms with Crippen LogP contribution in [-0.4, -0.2) is 29.9 Å². The molecule has 0 bridgehead atoms. The highest BCUT2D eigenvalue weighted by molar-refractivity contribution is 7.17. The minimum Gasteiger partial charge on any atom is -0.402 e. The molecule has 26 heavy (non-hydrogen) atoms. The maximum absolute atomic E-state index is 12.2. The summed E-state index contributed by atoms with van der Waals surface area (Å²) in [5, 5.41) is 1.73. The van der Waals surface area contributed by atoms with Crippen molar-refractivity contribution in [1.82, 2.24) is 4.98 Å². The molecule has 0 amide bonds. The zero-order valence-electron chi connectivity index (χ0n) is 13.7. The highest BCUT2D eigenvalue weighted by Gasteiger charge is 2.26. The van der Waals surface area contributed by atoms with Gasteiger partial charge in [-0.05, 0) is 37.5 Å². The third-order valence-electron chi connectivity index (χ3n) is 4.22. The van der Waals surface area contributed by atoms with Crippen LogP contribution < -0.4 is 4.90 Å². The van der Waals surface area contributed by atoms with Crippen LogP contribution in [0.3, 0.4) is 0 Å². The van der Waals surface area contributed by atoms with Crippen LogP contribution >= 0.6 is 34.5 Å². The molecule has 2 aliphatic heterocycles. The van der Waals surface area contributed by atoms with Gasteiger partial charge in [-0.1, -0.05) is 46.7 Å². The molecule has 1 aromatic heterocycles. The van der Waals surface area contributed by atoms with Gasteiger partial charge in [0.1, 0.15) is 5.15 Å². The second-order valence-electron chi connectivity index (χ2n) is 6.02. The first kappa shape index (κ1) is 17.5. The number of cyclic esters (lactones) is 1. The van der Waals surface area contributed by atoms with Gasteiger partial charge in [0.15, 0.2) is 10.8 Å². The van der Waals surface area contributed by atoms with Crippen LogP contribution in [0, 0.1) is 0 Å². The summed E-state index contributed by atoms with van der Waals surface area (Å²) in [6.45, 7) is 1.97. The molecule has 0 atom stereocenters. The van der Waals surface area contributed by atoms with Gasteiger partial charge in [0.25, 0.3) is 0 Å². The van der Waals surface area contributed by atoms with Crippen molar-refractivity contribution in [3.8, 4) is 0 Å². The molecule has 5 nitrogen and oxygen atoms in total. The molecular formula is C18H15Cl2N3O2S. The van der Waals surface area contributed by atoms with Crippen LogP contribution in [-0.2, 0) is 9.53 Å². The van der Waals surface area contributed by atoms with Crippen LogP contribution in [0.4, 0.5) is 5.13 Å². The van der Waals surface area contributed by atoms with Crippen LogP contribution in [0.1, 0.15) is 29.7 Å². The number of thiazole rings is 1. The standard InChI is InChI=1S/C18H15Cl2N3O2S/c19-12-7-3-2-6-11(12)16-21-13(17(24)25-16)10-14-15(20)22-18(26-14)23-8-4-1-5-9-23/h2-3,6-7,10H,1,4-5,8-9H2/b13-10-. The van der Waals surface area contributed by atoms with E-state index in [9.17, 15) is 4.79 Å². The molecule has 134 valence electrons. The predicted molar refractivity (Wildman–Crippen MR) is 105 cm³/mol. The van der Waals surface area contributed by atoms with Gasteiger partial charge in [0, 0.05) is 13.1 Å². The van der Waals surface area contributed by atoms with Gasteiger partial charge in [-0.25, -0.2) is 14.8 Å². The first-order chi connectivity index (χ1) is 12.6. The van der Waals surface area contributed by atoms with Crippen LogP contribution in [0.5, 0.6) is 0 Å². The summed E-state index contributed by atoms with van der Waals surface area (Å²) in [5.74, 6) is -0.326. The topological polar surface area (TPSA) is 54.8 Å². The number of ether oxygens (including phenoxy) is 1. The average molecular weight is 408 g/mol. The number of esters is 1. The molecule has 0 saturated carbocycles. The number of aliphatic imine (C=N–C) groups is 1. The van der Waals surface area contributed by atoms with E-state index in [1.165, 1.54) is 17.8 Å². The number of hydrogen-bond donors (Lipinski definition) is 0. The Morgan fingerprint density at radius 1 is 1.15 bits per heavy atom. The van der Waals surface area contributed by atoms with Gasteiger partial charge in [-0.2, -0.15) is 0 Å². The maximum Gasteiger partial charge on any atom is 0.363 e. The third-order valence-corrected chi connectivity index (χ3v) is 6.01. The number of carbonyl (C=O) groups excluding carboxylic acids is 1. The minimum absolute atomic E-state index is 0.190. The van der Waals surface area contributed by atoms with E-state index in [-0.39, 0.29) is 11.6 Å². The SMILES string of the molecule is O=C1OC(c2ccccc2Cl)=N/C1=C\c1sc(N2CCCCC2)nc1Cl. The number of benzene rings is 1. The van der Waals surface area contributed by atoms with Crippen LogP contribution in [0.2, 0.25) is 10.2 Å². The van der Waals surface area contributed by atoms with E-state index in [4.69, 9.17) is 27.9 Å². The number of rotatable bonds is 3. The van der Waals surface area contributed by atoms with Gasteiger partial charge < -0.3 is 9.64 Å². The molecule has 0 N–H and O–H groups in total. The summed E-state index contributed by atoms with van der Waals surface area (Å²) in [5.41, 5.74) is 0.769. The number of nitrogens with zero attached hydrogens (tertiary/aromatic N) is 3. The zero-order valence-corrected chi connectivity index (χ0v) is 16.1. The van der Waals surface area contributed by atoms with Crippen molar-refractivity contribution >= 4 is 57.6 Å². The number of piperidine rings is 1. The minimum atomic E-state index is -0.524. The smallest absolute Gasteiger partial charge is 0.363 e. The van der Waals surface area contributed by atoms with E-state index in [1.54, 1.807) is 24.3 Å². The van der Waals surface area contributed by atoms with Crippen molar-refractivity contribution in [2.24, 2.45) is 4.99 Å². The second-order valence-corrected chi connectivity index (χ2v) is 7.79. The van der Waals surface area contributed by atoms with Crippen molar-refractivity contribution in [2.75, 3.05) is 18.0 Å². The van der Waals surface area contributed by atoms with E-state index in [2.05, 4.69) is 14.9 Å². The van der Waals surface area contributed by atoms with E-state index < -0.39 is 5.97 Å². The number of carbonyl (C=O) groups is 1. The Bertz CT molecular complexity index is 917. The third kappa shape index (κ3) is 3.49. The zero-order chi connectivity index (χ0) is 18.1. The summed E-state index contributed by atoms with van der Waals surface area (Å²) in [6, 6.07) is 7.09. The Kier molecular flexibility index (Phi) is 4.98. The molecule has 2 aromatic rings. The van der Waals surface area contributed by atoms with Crippen LogP contribution in [0.15, 0.2) is 35.0 Å². The Hall–Kier alpha value is -1.89.